The molecule has 3 unspecified atom stereocenters. The minimum atomic E-state index is -0.315. The van der Waals surface area contributed by atoms with Crippen molar-refractivity contribution >= 4 is 23.0 Å². The summed E-state index contributed by atoms with van der Waals surface area (Å²) in [5.41, 5.74) is 4.27. The van der Waals surface area contributed by atoms with Gasteiger partial charge in [0.15, 0.2) is 5.65 Å². The van der Waals surface area contributed by atoms with Crippen molar-refractivity contribution in [2.75, 3.05) is 20.3 Å². The summed E-state index contributed by atoms with van der Waals surface area (Å²) in [6.07, 6.45) is 10.4. The molecule has 4 heterocycles. The maximum absolute atomic E-state index is 15.2. The lowest BCUT2D eigenvalue weighted by Gasteiger charge is -2.32. The number of rotatable bonds is 5. The molecule has 2 aliphatic heterocycles. The van der Waals surface area contributed by atoms with E-state index in [1.54, 1.807) is 25.7 Å². The van der Waals surface area contributed by atoms with Gasteiger partial charge in [-0.05, 0) is 37.1 Å². The second-order valence-corrected chi connectivity index (χ2v) is 8.70. The highest BCUT2D eigenvalue weighted by molar-refractivity contribution is 5.91. The Balaban J connectivity index is 1.40. The Kier molecular flexibility index (Phi) is 5.13. The third-order valence-electron chi connectivity index (χ3n) is 6.83. The van der Waals surface area contributed by atoms with Crippen molar-refractivity contribution in [1.29, 1.82) is 0 Å². The molecule has 3 aliphatic rings. The van der Waals surface area contributed by atoms with Gasteiger partial charge in [-0.1, -0.05) is 12.1 Å². The highest BCUT2D eigenvalue weighted by Crippen LogP contribution is 2.39. The smallest absolute Gasteiger partial charge is 0.183 e. The van der Waals surface area contributed by atoms with Gasteiger partial charge in [0.05, 0.1) is 38.3 Å². The number of hydrazone groups is 1. The molecule has 1 fully saturated rings. The molecule has 0 saturated carbocycles. The van der Waals surface area contributed by atoms with Crippen LogP contribution in [0.3, 0.4) is 0 Å². The van der Waals surface area contributed by atoms with E-state index in [0.717, 1.165) is 41.8 Å². The van der Waals surface area contributed by atoms with Crippen LogP contribution in [0.25, 0.3) is 27.9 Å². The van der Waals surface area contributed by atoms with Crippen LogP contribution >= 0.6 is 0 Å². The first-order valence-corrected chi connectivity index (χ1v) is 11.5. The molecule has 0 N–H and O–H groups in total. The summed E-state index contributed by atoms with van der Waals surface area (Å²) >= 11 is 0. The number of aromatic nitrogens is 4. The molecule has 0 spiro atoms. The van der Waals surface area contributed by atoms with E-state index < -0.39 is 0 Å². The number of imidazole rings is 1. The molecule has 3 atom stereocenters. The average molecular weight is 461 g/mol. The number of hydrogen-bond donors (Lipinski definition) is 0. The molecule has 1 saturated heterocycles. The Bertz CT molecular complexity index is 1340. The van der Waals surface area contributed by atoms with Crippen LogP contribution in [0.4, 0.5) is 4.39 Å². The zero-order valence-corrected chi connectivity index (χ0v) is 19.1. The maximum Gasteiger partial charge on any atom is 0.183 e. The molecule has 8 nitrogen and oxygen atoms in total. The van der Waals surface area contributed by atoms with E-state index in [1.165, 1.54) is 6.07 Å². The monoisotopic (exact) mass is 460 g/mol. The molecule has 3 aromatic rings. The predicted octanol–water partition coefficient (Wildman–Crippen LogP) is 3.65. The summed E-state index contributed by atoms with van der Waals surface area (Å²) in [7, 11) is 1.62. The second kappa shape index (κ2) is 8.32. The van der Waals surface area contributed by atoms with E-state index in [1.807, 2.05) is 29.8 Å². The Hall–Kier alpha value is -3.59. The number of nitrogens with zero attached hydrogens (tertiary/aromatic N) is 6. The lowest BCUT2D eigenvalue weighted by molar-refractivity contribution is 0.131. The summed E-state index contributed by atoms with van der Waals surface area (Å²) < 4.78 is 28.4. The summed E-state index contributed by atoms with van der Waals surface area (Å²) in [6.45, 7) is 4.19. The highest BCUT2D eigenvalue weighted by atomic mass is 19.1. The first kappa shape index (κ1) is 21.0. The first-order chi connectivity index (χ1) is 16.7. The Morgan fingerprint density at radius 3 is 2.94 bits per heavy atom. The molecule has 34 heavy (non-hydrogen) atoms. The normalized spacial score (nSPS) is 23.9. The van der Waals surface area contributed by atoms with Gasteiger partial charge in [0.1, 0.15) is 17.1 Å². The molecule has 1 aromatic carbocycles. The molecule has 2 aromatic heterocycles. The molecule has 0 radical (unpaired) electrons. The molecule has 0 amide bonds. The van der Waals surface area contributed by atoms with Crippen molar-refractivity contribution in [3.8, 4) is 11.1 Å². The van der Waals surface area contributed by atoms with Crippen molar-refractivity contribution in [2.45, 2.75) is 32.0 Å². The summed E-state index contributed by atoms with van der Waals surface area (Å²) in [4.78, 5) is 4.53. The van der Waals surface area contributed by atoms with Gasteiger partial charge in [-0.15, -0.1) is 5.10 Å². The van der Waals surface area contributed by atoms with Crippen LogP contribution in [0.5, 0.6) is 0 Å². The molecule has 1 aliphatic carbocycles. The summed E-state index contributed by atoms with van der Waals surface area (Å²) in [6, 6.07) is 5.36. The van der Waals surface area contributed by atoms with Crippen LogP contribution in [0.2, 0.25) is 0 Å². The van der Waals surface area contributed by atoms with Gasteiger partial charge < -0.3 is 14.0 Å². The van der Waals surface area contributed by atoms with Gasteiger partial charge in [-0.25, -0.2) is 9.37 Å². The van der Waals surface area contributed by atoms with Crippen LogP contribution in [0, 0.1) is 11.7 Å². The number of ether oxygens (including phenoxy) is 2. The van der Waals surface area contributed by atoms with E-state index in [2.05, 4.69) is 31.4 Å². The number of hydrogen-bond acceptors (Lipinski definition) is 7. The number of halogens is 1. The van der Waals surface area contributed by atoms with Gasteiger partial charge >= 0.3 is 0 Å². The minimum absolute atomic E-state index is 0.0344. The van der Waals surface area contributed by atoms with E-state index in [4.69, 9.17) is 9.47 Å². The largest absolute Gasteiger partial charge is 0.496 e. The van der Waals surface area contributed by atoms with Crippen molar-refractivity contribution in [3.05, 3.63) is 60.0 Å². The molecular weight excluding hydrogens is 435 g/mol. The number of fused-ring (bicyclic) bond motifs is 2. The van der Waals surface area contributed by atoms with Crippen LogP contribution < -0.4 is 0 Å². The summed E-state index contributed by atoms with van der Waals surface area (Å²) in [5.74, 6) is 0.358. The molecule has 0 bridgehead atoms. The summed E-state index contributed by atoms with van der Waals surface area (Å²) in [5, 5.41) is 15.2. The highest BCUT2D eigenvalue weighted by Gasteiger charge is 2.38. The quantitative estimate of drug-likeness (QED) is 0.578. The lowest BCUT2D eigenvalue weighted by atomic mass is 9.87. The van der Waals surface area contributed by atoms with E-state index in [0.29, 0.717) is 23.6 Å². The van der Waals surface area contributed by atoms with Crippen molar-refractivity contribution in [1.82, 2.24) is 24.8 Å². The van der Waals surface area contributed by atoms with Crippen LogP contribution in [0.1, 0.15) is 18.9 Å². The zero-order chi connectivity index (χ0) is 23.2. The Labute approximate surface area is 196 Å². The van der Waals surface area contributed by atoms with Crippen LogP contribution in [0.15, 0.2) is 53.7 Å². The number of allylic oxidation sites excluding steroid dienone is 1. The lowest BCUT2D eigenvalue weighted by Crippen LogP contribution is -2.39. The van der Waals surface area contributed by atoms with Crippen LogP contribution in [-0.2, 0) is 16.0 Å². The van der Waals surface area contributed by atoms with Crippen molar-refractivity contribution in [3.63, 3.8) is 0 Å². The number of methoxy groups -OCH3 is 1. The fraction of sp³-hybridized carbons (Fsp3) is 0.360. The predicted molar refractivity (Wildman–Crippen MR) is 126 cm³/mol. The molecule has 9 heteroatoms. The first-order valence-electron chi connectivity index (χ1n) is 11.5. The van der Waals surface area contributed by atoms with Gasteiger partial charge in [0.2, 0.25) is 0 Å². The standard InChI is InChI=1S/C25H25FN6O2/c1-3-31-14-27-24-20(12-28-30-25(24)31)15-4-5-21(26)18(8-15)19-9-16-11-29-32(17-6-7-34-13-17)22(16)10-23(19)33-2/h4-5,8-12,14,16-17,22H,3,6-7,13H2,1-2H3. The molecule has 6 rings (SSSR count). The minimum Gasteiger partial charge on any atom is -0.496 e. The SMILES string of the molecule is CCn1cnc2c(-c3ccc(F)c(C4=CC5C=NN(C6CCOC6)C5C=C4OC)c3)cnnc21. The van der Waals surface area contributed by atoms with Crippen molar-refractivity contribution in [2.24, 2.45) is 11.0 Å². The molecular formula is C25H25FN6O2. The van der Waals surface area contributed by atoms with E-state index in [9.17, 15) is 0 Å². The van der Waals surface area contributed by atoms with E-state index >= 15 is 4.39 Å². The third kappa shape index (κ3) is 3.30. The maximum atomic E-state index is 15.2. The van der Waals surface area contributed by atoms with Gasteiger partial charge in [-0.2, -0.15) is 10.2 Å². The number of aryl methyl sites for hydroxylation is 1. The average Bonchev–Trinajstić information content (AvgIpc) is 3.62. The van der Waals surface area contributed by atoms with Gasteiger partial charge in [0.25, 0.3) is 0 Å². The molecule has 174 valence electrons. The fourth-order valence-corrected chi connectivity index (χ4v) is 5.03. The zero-order valence-electron chi connectivity index (χ0n) is 19.1. The van der Waals surface area contributed by atoms with Gasteiger partial charge in [-0.3, -0.25) is 5.01 Å². The second-order valence-electron chi connectivity index (χ2n) is 8.70. The van der Waals surface area contributed by atoms with Crippen LogP contribution in [-0.4, -0.2) is 63.4 Å². The fourth-order valence-electron chi connectivity index (χ4n) is 5.03. The van der Waals surface area contributed by atoms with Gasteiger partial charge in [0, 0.05) is 42.0 Å². The number of benzene rings is 1. The topological polar surface area (TPSA) is 77.7 Å². The van der Waals surface area contributed by atoms with E-state index in [-0.39, 0.29) is 23.8 Å². The Morgan fingerprint density at radius 1 is 1.24 bits per heavy atom. The third-order valence-corrected chi connectivity index (χ3v) is 6.83. The van der Waals surface area contributed by atoms with Crippen molar-refractivity contribution < 1.29 is 13.9 Å². The Morgan fingerprint density at radius 2 is 2.15 bits per heavy atom.